The summed E-state index contributed by atoms with van der Waals surface area (Å²) in [6, 6.07) is 7.90. The average Bonchev–Trinajstić information content (AvgIpc) is 3.60. The maximum absolute atomic E-state index is 15.1. The number of methoxy groups -OCH3 is 1. The highest BCUT2D eigenvalue weighted by atomic mass is 32.1. The second-order valence-electron chi connectivity index (χ2n) is 19.4. The normalized spacial score (nSPS) is 21.8. The number of pyridine rings is 1. The lowest BCUT2D eigenvalue weighted by molar-refractivity contribution is -0.179. The monoisotopic (exact) mass is 894 g/mol. The number of nitrogens with zero attached hydrogens (tertiary/aromatic N) is 7. The van der Waals surface area contributed by atoms with Crippen LogP contribution in [0.4, 0.5) is 4.79 Å². The van der Waals surface area contributed by atoms with E-state index in [0.717, 1.165) is 70.4 Å². The van der Waals surface area contributed by atoms with E-state index >= 15 is 4.79 Å². The lowest BCUT2D eigenvalue weighted by atomic mass is 9.84. The Labute approximate surface area is 381 Å². The van der Waals surface area contributed by atoms with E-state index in [1.165, 1.54) is 16.2 Å². The molecule has 64 heavy (non-hydrogen) atoms. The van der Waals surface area contributed by atoms with E-state index in [2.05, 4.69) is 54.9 Å². The number of thiazole rings is 1. The van der Waals surface area contributed by atoms with Crippen LogP contribution in [0.25, 0.3) is 33.4 Å². The first-order valence-electron chi connectivity index (χ1n) is 23.3. The number of hydrazine groups is 1. The predicted octanol–water partition coefficient (Wildman–Crippen LogP) is 7.50. The first-order chi connectivity index (χ1) is 30.7. The van der Waals surface area contributed by atoms with Gasteiger partial charge in [0.05, 0.1) is 34.8 Å². The van der Waals surface area contributed by atoms with Gasteiger partial charge in [-0.05, 0) is 100 Å². The molecule has 2 saturated heterocycles. The minimum Gasteiger partial charge on any atom is -0.464 e. The third-order valence-corrected chi connectivity index (χ3v) is 14.5. The van der Waals surface area contributed by atoms with Crippen molar-refractivity contribution in [2.45, 2.75) is 124 Å². The molecule has 4 amide bonds. The van der Waals surface area contributed by atoms with Crippen LogP contribution in [0.3, 0.4) is 0 Å². The van der Waals surface area contributed by atoms with Crippen LogP contribution in [0.15, 0.2) is 41.9 Å². The van der Waals surface area contributed by atoms with E-state index < -0.39 is 29.4 Å². The molecule has 1 aromatic carbocycles. The number of carbonyl (C=O) groups is 4. The van der Waals surface area contributed by atoms with Crippen LogP contribution < -0.4 is 5.32 Å². The van der Waals surface area contributed by atoms with E-state index in [1.54, 1.807) is 24.1 Å². The van der Waals surface area contributed by atoms with Gasteiger partial charge in [0.1, 0.15) is 18.1 Å². The van der Waals surface area contributed by atoms with Gasteiger partial charge in [-0.3, -0.25) is 24.4 Å². The van der Waals surface area contributed by atoms with Crippen molar-refractivity contribution in [1.29, 1.82) is 0 Å². The van der Waals surface area contributed by atoms with Crippen molar-refractivity contribution in [3.63, 3.8) is 0 Å². The summed E-state index contributed by atoms with van der Waals surface area (Å²) in [4.78, 5) is 71.1. The molecule has 0 spiro atoms. The van der Waals surface area contributed by atoms with Crippen LogP contribution in [-0.4, -0.2) is 123 Å². The number of aryl methyl sites for hydroxylation is 1. The average molecular weight is 895 g/mol. The first-order valence-corrected chi connectivity index (χ1v) is 24.2. The zero-order valence-corrected chi connectivity index (χ0v) is 39.7. The summed E-state index contributed by atoms with van der Waals surface area (Å²) in [6.45, 7) is 15.5. The summed E-state index contributed by atoms with van der Waals surface area (Å²) in [5.74, 6) is -0.895. The fourth-order valence-corrected chi connectivity index (χ4v) is 10.9. The topological polar surface area (TPSA) is 142 Å². The Kier molecular flexibility index (Phi) is 13.5. The van der Waals surface area contributed by atoms with Crippen molar-refractivity contribution in [3.8, 4) is 22.5 Å². The highest BCUT2D eigenvalue weighted by Gasteiger charge is 2.44. The SMILES string of the molecule is CCn1c(-c2cccnc2[C@H](C)OC)c2c3cc(ccc31)-c1csc(n1)C[C@H](NC(=O)[C@H](C(C)C)N(C)C(=O)N1CCCC1)C(=O)N1CCC[C@@H](C(=O)OCC(C)(C)C2)N1CC1CC1. The van der Waals surface area contributed by atoms with Gasteiger partial charge in [0.25, 0.3) is 5.91 Å². The lowest BCUT2D eigenvalue weighted by Gasteiger charge is -2.44. The van der Waals surface area contributed by atoms with Crippen molar-refractivity contribution in [1.82, 2.24) is 39.7 Å². The summed E-state index contributed by atoms with van der Waals surface area (Å²) >= 11 is 1.46. The Balaban J connectivity index is 1.23. The largest absolute Gasteiger partial charge is 0.464 e. The van der Waals surface area contributed by atoms with Gasteiger partial charge in [0, 0.05) is 92.3 Å². The third-order valence-electron chi connectivity index (χ3n) is 13.6. The van der Waals surface area contributed by atoms with Crippen molar-refractivity contribution >= 4 is 46.1 Å². The number of carbonyl (C=O) groups excluding carboxylic acids is 4. The van der Waals surface area contributed by atoms with Crippen LogP contribution >= 0.6 is 11.3 Å². The Morgan fingerprint density at radius 1 is 1.06 bits per heavy atom. The fraction of sp³-hybridized carbons (Fsp3) is 0.592. The number of likely N-dealkylation sites (tertiary alicyclic amines) is 1. The molecule has 0 unspecified atom stereocenters. The fourth-order valence-electron chi connectivity index (χ4n) is 10.0. The molecule has 3 fully saturated rings. The zero-order valence-electron chi connectivity index (χ0n) is 38.9. The summed E-state index contributed by atoms with van der Waals surface area (Å²) in [5.41, 5.74) is 6.36. The van der Waals surface area contributed by atoms with Crippen LogP contribution in [-0.2, 0) is 43.2 Å². The van der Waals surface area contributed by atoms with E-state index in [1.807, 2.05) is 43.4 Å². The minimum atomic E-state index is -1.00. The maximum Gasteiger partial charge on any atom is 0.325 e. The quantitative estimate of drug-likeness (QED) is 0.160. The third kappa shape index (κ3) is 9.30. The number of ether oxygens (including phenoxy) is 2. The van der Waals surface area contributed by atoms with Gasteiger partial charge >= 0.3 is 12.0 Å². The highest BCUT2D eigenvalue weighted by Crippen LogP contribution is 2.42. The molecule has 15 heteroatoms. The molecule has 4 aliphatic rings. The van der Waals surface area contributed by atoms with Crippen molar-refractivity contribution in [2.24, 2.45) is 17.3 Å². The summed E-state index contributed by atoms with van der Waals surface area (Å²) in [5, 5.41) is 10.6. The van der Waals surface area contributed by atoms with Gasteiger partial charge in [0.15, 0.2) is 0 Å². The van der Waals surface area contributed by atoms with Crippen LogP contribution in [0.1, 0.15) is 102 Å². The van der Waals surface area contributed by atoms with Gasteiger partial charge in [0.2, 0.25) is 5.91 Å². The number of esters is 1. The Morgan fingerprint density at radius 2 is 1.83 bits per heavy atom. The molecule has 14 nitrogen and oxygen atoms in total. The number of aromatic nitrogens is 3. The molecular formula is C49H66N8O6S. The van der Waals surface area contributed by atoms with Crippen molar-refractivity contribution in [2.75, 3.05) is 46.9 Å². The number of amides is 4. The number of hydrogen-bond donors (Lipinski definition) is 1. The Bertz CT molecular complexity index is 2360. The molecule has 1 saturated carbocycles. The second-order valence-corrected chi connectivity index (χ2v) is 20.4. The Hall–Kier alpha value is -4.86. The predicted molar refractivity (Wildman–Crippen MR) is 248 cm³/mol. The number of likely N-dealkylation sites (N-methyl/N-ethyl adjacent to an activating group) is 1. The van der Waals surface area contributed by atoms with Crippen LogP contribution in [0.5, 0.6) is 0 Å². The molecule has 3 aromatic heterocycles. The summed E-state index contributed by atoms with van der Waals surface area (Å²) < 4.78 is 14.5. The number of fused-ring (bicyclic) bond motifs is 6. The lowest BCUT2D eigenvalue weighted by Crippen LogP contribution is -2.64. The molecule has 1 N–H and O–H groups in total. The molecule has 1 aliphatic carbocycles. The van der Waals surface area contributed by atoms with E-state index in [0.29, 0.717) is 62.9 Å². The standard InChI is InChI=1S/C49H66N8O6S/c1-9-55-39-19-18-33-24-35(39)36(44(55)34-14-12-20-50-42(34)31(4)62-8)26-49(5,6)29-63-47(60)40-15-13-23-56(57(40)27-32-16-17-32)46(59)37(25-41-51-38(33)28-64-41)52-45(58)43(30(2)3)53(7)48(61)54-21-10-11-22-54/h12,14,18-20,24,28,30-32,37,40,43H,9-11,13,15-17,21-23,25-27,29H2,1-8H3,(H,52,58)/t31-,37-,40-,43-/m0/s1. The van der Waals surface area contributed by atoms with Gasteiger partial charge < -0.3 is 29.2 Å². The zero-order chi connectivity index (χ0) is 45.4. The molecule has 4 aromatic rings. The second kappa shape index (κ2) is 18.9. The molecule has 344 valence electrons. The smallest absolute Gasteiger partial charge is 0.325 e. The van der Waals surface area contributed by atoms with E-state index in [9.17, 15) is 14.4 Å². The molecular weight excluding hydrogens is 829 g/mol. The van der Waals surface area contributed by atoms with Gasteiger partial charge in [-0.1, -0.05) is 33.8 Å². The highest BCUT2D eigenvalue weighted by molar-refractivity contribution is 7.10. The number of hydrogen-bond acceptors (Lipinski definition) is 10. The maximum atomic E-state index is 15.1. The molecule has 4 atom stereocenters. The molecule has 6 bridgehead atoms. The minimum absolute atomic E-state index is 0.145. The first kappa shape index (κ1) is 45.7. The van der Waals surface area contributed by atoms with E-state index in [-0.39, 0.29) is 43.0 Å². The Morgan fingerprint density at radius 3 is 2.53 bits per heavy atom. The molecule has 3 aliphatic heterocycles. The number of urea groups is 1. The number of cyclic esters (lactones) is 1. The molecule has 6 heterocycles. The van der Waals surface area contributed by atoms with Gasteiger partial charge in [-0.2, -0.15) is 0 Å². The number of nitrogens with one attached hydrogen (secondary N) is 1. The number of benzene rings is 1. The van der Waals surface area contributed by atoms with Crippen molar-refractivity contribution in [3.05, 3.63) is 58.2 Å². The van der Waals surface area contributed by atoms with Crippen LogP contribution in [0, 0.1) is 17.3 Å². The van der Waals surface area contributed by atoms with Crippen LogP contribution in [0.2, 0.25) is 0 Å². The molecule has 8 rings (SSSR count). The van der Waals surface area contributed by atoms with Gasteiger partial charge in [-0.25, -0.2) is 14.8 Å². The van der Waals surface area contributed by atoms with Gasteiger partial charge in [-0.15, -0.1) is 11.3 Å². The summed E-state index contributed by atoms with van der Waals surface area (Å²) in [7, 11) is 3.38. The molecule has 0 radical (unpaired) electrons. The number of rotatable bonds is 10. The van der Waals surface area contributed by atoms with E-state index in [4.69, 9.17) is 19.4 Å². The summed E-state index contributed by atoms with van der Waals surface area (Å²) in [6.07, 6.45) is 7.41. The van der Waals surface area contributed by atoms with Crippen molar-refractivity contribution < 1.29 is 28.7 Å².